The molecule has 0 saturated heterocycles. The van der Waals surface area contributed by atoms with E-state index in [4.69, 9.17) is 0 Å². The number of pyridine rings is 1. The van der Waals surface area contributed by atoms with Gasteiger partial charge in [-0.1, -0.05) is 26.0 Å². The molecule has 0 unspecified atom stereocenters. The molecule has 0 N–H and O–H groups in total. The SMILES string of the molecule is C/C=C(\N=CC(C)C)c1ccccn1. The van der Waals surface area contributed by atoms with Crippen LogP contribution in [-0.2, 0) is 0 Å². The molecular weight excluding hydrogens is 172 g/mol. The average molecular weight is 188 g/mol. The molecule has 0 aromatic carbocycles. The molecule has 0 atom stereocenters. The van der Waals surface area contributed by atoms with Gasteiger partial charge in [-0.3, -0.25) is 9.98 Å². The molecular formula is C12H16N2. The Kier molecular flexibility index (Phi) is 4.05. The Morgan fingerprint density at radius 3 is 2.71 bits per heavy atom. The zero-order valence-electron chi connectivity index (χ0n) is 8.94. The first-order chi connectivity index (χ1) is 6.74. The normalized spacial score (nSPS) is 12.7. The molecule has 1 rings (SSSR count). The van der Waals surface area contributed by atoms with E-state index < -0.39 is 0 Å². The highest BCUT2D eigenvalue weighted by Crippen LogP contribution is 2.11. The Balaban J connectivity index is 2.85. The molecule has 0 amide bonds. The van der Waals surface area contributed by atoms with Crippen LogP contribution in [-0.4, -0.2) is 11.2 Å². The first-order valence-electron chi connectivity index (χ1n) is 4.86. The molecule has 0 bridgehead atoms. The molecule has 1 aromatic rings. The van der Waals surface area contributed by atoms with E-state index in [9.17, 15) is 0 Å². The van der Waals surface area contributed by atoms with Gasteiger partial charge in [-0.2, -0.15) is 0 Å². The highest BCUT2D eigenvalue weighted by molar-refractivity contribution is 5.72. The largest absolute Gasteiger partial charge is 0.259 e. The summed E-state index contributed by atoms with van der Waals surface area (Å²) in [4.78, 5) is 8.63. The summed E-state index contributed by atoms with van der Waals surface area (Å²) in [5, 5.41) is 0. The topological polar surface area (TPSA) is 25.2 Å². The van der Waals surface area contributed by atoms with Crippen molar-refractivity contribution in [2.45, 2.75) is 20.8 Å². The van der Waals surface area contributed by atoms with Gasteiger partial charge in [0.25, 0.3) is 0 Å². The molecule has 0 saturated carbocycles. The van der Waals surface area contributed by atoms with Crippen LogP contribution in [0.3, 0.4) is 0 Å². The number of aliphatic imine (C=N–C) groups is 1. The maximum atomic E-state index is 4.39. The third-order valence-electron chi connectivity index (χ3n) is 1.71. The molecule has 0 aliphatic carbocycles. The van der Waals surface area contributed by atoms with E-state index in [0.717, 1.165) is 11.4 Å². The summed E-state index contributed by atoms with van der Waals surface area (Å²) in [6, 6.07) is 5.84. The van der Waals surface area contributed by atoms with Crippen molar-refractivity contribution in [3.63, 3.8) is 0 Å². The zero-order chi connectivity index (χ0) is 10.4. The van der Waals surface area contributed by atoms with Crippen LogP contribution < -0.4 is 0 Å². The average Bonchev–Trinajstić information content (AvgIpc) is 2.20. The zero-order valence-corrected chi connectivity index (χ0v) is 8.94. The van der Waals surface area contributed by atoms with E-state index >= 15 is 0 Å². The van der Waals surface area contributed by atoms with Gasteiger partial charge >= 0.3 is 0 Å². The number of allylic oxidation sites excluding steroid dienone is 1. The summed E-state index contributed by atoms with van der Waals surface area (Å²) >= 11 is 0. The van der Waals surface area contributed by atoms with Gasteiger partial charge in [-0.15, -0.1) is 0 Å². The van der Waals surface area contributed by atoms with Crippen LogP contribution in [0, 0.1) is 5.92 Å². The van der Waals surface area contributed by atoms with Crippen LogP contribution in [0.15, 0.2) is 35.5 Å². The van der Waals surface area contributed by atoms with Gasteiger partial charge in [-0.05, 0) is 25.0 Å². The standard InChI is InChI=1S/C12H16N2/c1-4-11(14-9-10(2)3)12-7-5-6-8-13-12/h4-10H,1-3H3/b11-4-,14-9?. The van der Waals surface area contributed by atoms with Crippen molar-refractivity contribution >= 4 is 11.9 Å². The van der Waals surface area contributed by atoms with Crippen LogP contribution in [0.25, 0.3) is 5.70 Å². The summed E-state index contributed by atoms with van der Waals surface area (Å²) in [5.41, 5.74) is 1.85. The summed E-state index contributed by atoms with van der Waals surface area (Å²) in [7, 11) is 0. The fourth-order valence-corrected chi connectivity index (χ4v) is 1.03. The second-order valence-corrected chi connectivity index (χ2v) is 3.41. The van der Waals surface area contributed by atoms with Gasteiger partial charge in [-0.25, -0.2) is 0 Å². The molecule has 74 valence electrons. The van der Waals surface area contributed by atoms with Crippen LogP contribution >= 0.6 is 0 Å². The molecule has 0 fully saturated rings. The fraction of sp³-hybridized carbons (Fsp3) is 0.333. The lowest BCUT2D eigenvalue weighted by Gasteiger charge is -2.00. The number of aromatic nitrogens is 1. The number of hydrogen-bond acceptors (Lipinski definition) is 2. The van der Waals surface area contributed by atoms with Crippen molar-refractivity contribution in [2.75, 3.05) is 0 Å². The maximum Gasteiger partial charge on any atom is 0.0882 e. The third kappa shape index (κ3) is 3.13. The predicted octanol–water partition coefficient (Wildman–Crippen LogP) is 3.17. The minimum Gasteiger partial charge on any atom is -0.259 e. The quantitative estimate of drug-likeness (QED) is 0.669. The van der Waals surface area contributed by atoms with Gasteiger partial charge in [0.05, 0.1) is 11.4 Å². The highest BCUT2D eigenvalue weighted by Gasteiger charge is 1.97. The van der Waals surface area contributed by atoms with Gasteiger partial charge in [0, 0.05) is 12.4 Å². The Morgan fingerprint density at radius 1 is 1.43 bits per heavy atom. The van der Waals surface area contributed by atoms with E-state index in [1.54, 1.807) is 6.20 Å². The van der Waals surface area contributed by atoms with E-state index in [1.165, 1.54) is 0 Å². The Bertz CT molecular complexity index is 323. The van der Waals surface area contributed by atoms with E-state index in [1.807, 2.05) is 37.4 Å². The Morgan fingerprint density at radius 2 is 2.21 bits per heavy atom. The van der Waals surface area contributed by atoms with Crippen LogP contribution in [0.1, 0.15) is 26.5 Å². The monoisotopic (exact) mass is 188 g/mol. The maximum absolute atomic E-state index is 4.39. The van der Waals surface area contributed by atoms with Crippen molar-refractivity contribution in [2.24, 2.45) is 10.9 Å². The van der Waals surface area contributed by atoms with Crippen molar-refractivity contribution in [1.82, 2.24) is 4.98 Å². The predicted molar refractivity (Wildman–Crippen MR) is 61.2 cm³/mol. The smallest absolute Gasteiger partial charge is 0.0882 e. The highest BCUT2D eigenvalue weighted by atomic mass is 14.8. The first-order valence-corrected chi connectivity index (χ1v) is 4.86. The summed E-state index contributed by atoms with van der Waals surface area (Å²) < 4.78 is 0. The van der Waals surface area contributed by atoms with Gasteiger partial charge < -0.3 is 0 Å². The Labute approximate surface area is 85.4 Å². The molecule has 2 heteroatoms. The molecule has 1 aromatic heterocycles. The lowest BCUT2D eigenvalue weighted by molar-refractivity contribution is 0.907. The molecule has 0 radical (unpaired) electrons. The molecule has 0 aliphatic rings. The van der Waals surface area contributed by atoms with Crippen LogP contribution in [0.5, 0.6) is 0 Å². The van der Waals surface area contributed by atoms with E-state index in [2.05, 4.69) is 23.8 Å². The minimum atomic E-state index is 0.466. The molecule has 0 aliphatic heterocycles. The van der Waals surface area contributed by atoms with Gasteiger partial charge in [0.15, 0.2) is 0 Å². The Hall–Kier alpha value is -1.44. The van der Waals surface area contributed by atoms with Crippen molar-refractivity contribution in [3.8, 4) is 0 Å². The second-order valence-electron chi connectivity index (χ2n) is 3.41. The molecule has 14 heavy (non-hydrogen) atoms. The second kappa shape index (κ2) is 5.32. The third-order valence-corrected chi connectivity index (χ3v) is 1.71. The number of rotatable bonds is 3. The van der Waals surface area contributed by atoms with Crippen molar-refractivity contribution in [3.05, 3.63) is 36.2 Å². The van der Waals surface area contributed by atoms with Crippen molar-refractivity contribution in [1.29, 1.82) is 0 Å². The summed E-state index contributed by atoms with van der Waals surface area (Å²) in [6.07, 6.45) is 5.69. The molecule has 1 heterocycles. The first kappa shape index (κ1) is 10.6. The van der Waals surface area contributed by atoms with Gasteiger partial charge in [0.1, 0.15) is 0 Å². The van der Waals surface area contributed by atoms with Crippen LogP contribution in [0.2, 0.25) is 0 Å². The molecule has 0 spiro atoms. The van der Waals surface area contributed by atoms with E-state index in [-0.39, 0.29) is 0 Å². The lowest BCUT2D eigenvalue weighted by Crippen LogP contribution is -1.90. The number of nitrogens with zero attached hydrogens (tertiary/aromatic N) is 2. The number of hydrogen-bond donors (Lipinski definition) is 0. The van der Waals surface area contributed by atoms with Gasteiger partial charge in [0.2, 0.25) is 0 Å². The van der Waals surface area contributed by atoms with Crippen LogP contribution in [0.4, 0.5) is 0 Å². The summed E-state index contributed by atoms with van der Waals surface area (Å²) in [5.74, 6) is 0.466. The molecule has 2 nitrogen and oxygen atoms in total. The lowest BCUT2D eigenvalue weighted by atomic mass is 10.2. The minimum absolute atomic E-state index is 0.466. The van der Waals surface area contributed by atoms with Crippen molar-refractivity contribution < 1.29 is 0 Å². The van der Waals surface area contributed by atoms with E-state index in [0.29, 0.717) is 5.92 Å². The fourth-order valence-electron chi connectivity index (χ4n) is 1.03. The summed E-state index contributed by atoms with van der Waals surface area (Å²) in [6.45, 7) is 6.19.